The molecule has 0 aliphatic rings. The average Bonchev–Trinajstić information content (AvgIpc) is 2.95. The van der Waals surface area contributed by atoms with Crippen molar-refractivity contribution in [1.82, 2.24) is 4.72 Å². The van der Waals surface area contributed by atoms with Gasteiger partial charge in [-0.2, -0.15) is 0 Å². The lowest BCUT2D eigenvalue weighted by Crippen LogP contribution is -2.22. The lowest BCUT2D eigenvalue weighted by Gasteiger charge is -2.06. The van der Waals surface area contributed by atoms with Gasteiger partial charge in [0.2, 0.25) is 10.0 Å². The first-order chi connectivity index (χ1) is 9.55. The number of halogens is 1. The van der Waals surface area contributed by atoms with Crippen molar-refractivity contribution in [2.75, 3.05) is 0 Å². The van der Waals surface area contributed by atoms with Crippen LogP contribution in [0.15, 0.2) is 40.6 Å². The van der Waals surface area contributed by atoms with Crippen LogP contribution in [0.5, 0.6) is 0 Å². The summed E-state index contributed by atoms with van der Waals surface area (Å²) in [5.74, 6) is 0. The molecule has 0 spiro atoms. The molecule has 2 aromatic rings. The van der Waals surface area contributed by atoms with Crippen LogP contribution in [-0.2, 0) is 28.3 Å². The molecule has 0 fully saturated rings. The van der Waals surface area contributed by atoms with Gasteiger partial charge in [-0.05, 0) is 29.7 Å². The Morgan fingerprint density at radius 2 is 1.95 bits per heavy atom. The lowest BCUT2D eigenvalue weighted by atomic mass is 10.1. The molecule has 3 nitrogen and oxygen atoms in total. The predicted molar refractivity (Wildman–Crippen MR) is 86.8 cm³/mol. The van der Waals surface area contributed by atoms with E-state index in [0.717, 1.165) is 27.8 Å². The van der Waals surface area contributed by atoms with Gasteiger partial charge in [0.25, 0.3) is 0 Å². The maximum Gasteiger partial charge on any atom is 0.250 e. The normalized spacial score (nSPS) is 11.7. The number of alkyl halides is 1. The van der Waals surface area contributed by atoms with E-state index in [-0.39, 0.29) is 0 Å². The van der Waals surface area contributed by atoms with Gasteiger partial charge >= 0.3 is 0 Å². The quantitative estimate of drug-likeness (QED) is 0.784. The molecule has 1 aromatic heterocycles. The average molecular weight is 374 g/mol. The van der Waals surface area contributed by atoms with Gasteiger partial charge in [0.1, 0.15) is 4.21 Å². The van der Waals surface area contributed by atoms with E-state index >= 15 is 0 Å². The molecule has 0 amide bonds. The first-order valence-electron chi connectivity index (χ1n) is 6.27. The van der Waals surface area contributed by atoms with Gasteiger partial charge in [-0.15, -0.1) is 11.3 Å². The Morgan fingerprint density at radius 1 is 1.20 bits per heavy atom. The van der Waals surface area contributed by atoms with E-state index in [9.17, 15) is 8.42 Å². The van der Waals surface area contributed by atoms with E-state index in [1.165, 1.54) is 11.3 Å². The van der Waals surface area contributed by atoms with E-state index in [1.807, 2.05) is 37.3 Å². The summed E-state index contributed by atoms with van der Waals surface area (Å²) in [6.45, 7) is 2.32. The summed E-state index contributed by atoms with van der Waals surface area (Å²) in [6.07, 6.45) is 0.855. The summed E-state index contributed by atoms with van der Waals surface area (Å²) in [6, 6.07) is 11.4. The summed E-state index contributed by atoms with van der Waals surface area (Å²) in [5.41, 5.74) is 2.09. The Bertz CT molecular complexity index is 680. The van der Waals surface area contributed by atoms with Crippen LogP contribution in [0.2, 0.25) is 0 Å². The minimum Gasteiger partial charge on any atom is -0.206 e. The van der Waals surface area contributed by atoms with Crippen LogP contribution in [0.3, 0.4) is 0 Å². The van der Waals surface area contributed by atoms with Crippen LogP contribution in [-0.4, -0.2) is 8.42 Å². The maximum atomic E-state index is 12.2. The zero-order valence-corrected chi connectivity index (χ0v) is 14.3. The van der Waals surface area contributed by atoms with Crippen molar-refractivity contribution in [3.63, 3.8) is 0 Å². The largest absolute Gasteiger partial charge is 0.250 e. The van der Waals surface area contributed by atoms with Gasteiger partial charge in [0.05, 0.1) is 0 Å². The van der Waals surface area contributed by atoms with Crippen molar-refractivity contribution in [3.8, 4) is 0 Å². The van der Waals surface area contributed by atoms with E-state index in [1.54, 1.807) is 6.07 Å². The minimum absolute atomic E-state index is 0.308. The van der Waals surface area contributed by atoms with Crippen LogP contribution in [0, 0.1) is 0 Å². The van der Waals surface area contributed by atoms with Crippen molar-refractivity contribution in [2.24, 2.45) is 0 Å². The van der Waals surface area contributed by atoms with Crippen molar-refractivity contribution < 1.29 is 8.42 Å². The SMILES string of the molecule is CCc1ccc(S(=O)(=O)NCc2cccc(CBr)c2)s1. The fourth-order valence-electron chi connectivity index (χ4n) is 1.76. The van der Waals surface area contributed by atoms with Crippen LogP contribution in [0.25, 0.3) is 0 Å². The van der Waals surface area contributed by atoms with Gasteiger partial charge < -0.3 is 0 Å². The fourth-order valence-corrected chi connectivity index (χ4v) is 4.47. The second kappa shape index (κ2) is 6.85. The van der Waals surface area contributed by atoms with Crippen LogP contribution in [0.4, 0.5) is 0 Å². The number of nitrogens with one attached hydrogen (secondary N) is 1. The standard InChI is InChI=1S/C14H16BrNO2S2/c1-2-13-6-7-14(19-13)20(17,18)16-10-12-5-3-4-11(8-12)9-15/h3-8,16H,2,9-10H2,1H3. The molecule has 1 N–H and O–H groups in total. The molecule has 0 atom stereocenters. The highest BCUT2D eigenvalue weighted by atomic mass is 79.9. The van der Waals surface area contributed by atoms with Gasteiger partial charge in [0.15, 0.2) is 0 Å². The molecule has 0 bridgehead atoms. The Kier molecular flexibility index (Phi) is 5.37. The predicted octanol–water partition coefficient (Wildman–Crippen LogP) is 3.68. The van der Waals surface area contributed by atoms with Crippen molar-refractivity contribution >= 4 is 37.3 Å². The Morgan fingerprint density at radius 3 is 2.60 bits per heavy atom. The van der Waals surface area contributed by atoms with Gasteiger partial charge in [-0.25, -0.2) is 13.1 Å². The highest BCUT2D eigenvalue weighted by Gasteiger charge is 2.16. The molecule has 0 saturated carbocycles. The first-order valence-corrected chi connectivity index (χ1v) is 9.69. The third kappa shape index (κ3) is 3.91. The smallest absolute Gasteiger partial charge is 0.206 e. The molecule has 0 unspecified atom stereocenters. The Hall–Kier alpha value is -0.690. The number of hydrogen-bond acceptors (Lipinski definition) is 3. The number of thiophene rings is 1. The molecule has 6 heteroatoms. The molecule has 1 heterocycles. The second-order valence-corrected chi connectivity index (χ2v) is 8.08. The summed E-state index contributed by atoms with van der Waals surface area (Å²) in [7, 11) is -3.41. The summed E-state index contributed by atoms with van der Waals surface area (Å²) >= 11 is 4.72. The molecular weight excluding hydrogens is 358 g/mol. The highest BCUT2D eigenvalue weighted by Crippen LogP contribution is 2.22. The highest BCUT2D eigenvalue weighted by molar-refractivity contribution is 9.08. The van der Waals surface area contributed by atoms with Crippen molar-refractivity contribution in [1.29, 1.82) is 0 Å². The molecule has 1 aromatic carbocycles. The molecule has 0 aliphatic carbocycles. The number of sulfonamides is 1. The Balaban J connectivity index is 2.08. The van der Waals surface area contributed by atoms with Crippen LogP contribution >= 0.6 is 27.3 Å². The molecule has 0 radical (unpaired) electrons. The lowest BCUT2D eigenvalue weighted by molar-refractivity contribution is 0.583. The summed E-state index contributed by atoms with van der Waals surface area (Å²) in [5, 5.41) is 0.762. The molecule has 2 rings (SSSR count). The third-order valence-electron chi connectivity index (χ3n) is 2.86. The third-order valence-corrected chi connectivity index (χ3v) is 6.63. The zero-order chi connectivity index (χ0) is 14.6. The molecule has 20 heavy (non-hydrogen) atoms. The number of rotatable bonds is 6. The monoisotopic (exact) mass is 373 g/mol. The number of hydrogen-bond donors (Lipinski definition) is 1. The van der Waals surface area contributed by atoms with Crippen LogP contribution in [0.1, 0.15) is 22.9 Å². The maximum absolute atomic E-state index is 12.2. The van der Waals surface area contributed by atoms with Crippen molar-refractivity contribution in [2.45, 2.75) is 29.4 Å². The van der Waals surface area contributed by atoms with Crippen molar-refractivity contribution in [3.05, 3.63) is 52.4 Å². The van der Waals surface area contributed by atoms with E-state index in [2.05, 4.69) is 20.7 Å². The number of aryl methyl sites for hydroxylation is 1. The second-order valence-electron chi connectivity index (χ2n) is 4.35. The fraction of sp³-hybridized carbons (Fsp3) is 0.286. The van der Waals surface area contributed by atoms with Gasteiger partial charge in [-0.1, -0.05) is 47.1 Å². The molecule has 0 saturated heterocycles. The first kappa shape index (κ1) is 15.7. The van der Waals surface area contributed by atoms with E-state index in [0.29, 0.717) is 10.8 Å². The van der Waals surface area contributed by atoms with Gasteiger partial charge in [0, 0.05) is 16.8 Å². The topological polar surface area (TPSA) is 46.2 Å². The molecule has 108 valence electrons. The molecular formula is C14H16BrNO2S2. The van der Waals surface area contributed by atoms with E-state index in [4.69, 9.17) is 0 Å². The zero-order valence-electron chi connectivity index (χ0n) is 11.1. The summed E-state index contributed by atoms with van der Waals surface area (Å²) < 4.78 is 27.4. The molecule has 0 aliphatic heterocycles. The Labute approximate surface area is 132 Å². The summed E-state index contributed by atoms with van der Waals surface area (Å²) in [4.78, 5) is 1.08. The number of benzene rings is 1. The van der Waals surface area contributed by atoms with E-state index < -0.39 is 10.0 Å². The minimum atomic E-state index is -3.41. The van der Waals surface area contributed by atoms with Crippen LogP contribution < -0.4 is 4.72 Å². The van der Waals surface area contributed by atoms with Gasteiger partial charge in [-0.3, -0.25) is 0 Å².